The maximum atomic E-state index is 12.9. The second kappa shape index (κ2) is 5.02. The van der Waals surface area contributed by atoms with Gasteiger partial charge in [0.15, 0.2) is 0 Å². The zero-order valence-electron chi connectivity index (χ0n) is 13.5. The van der Waals surface area contributed by atoms with Gasteiger partial charge < -0.3 is 9.84 Å². The van der Waals surface area contributed by atoms with E-state index >= 15 is 0 Å². The molecule has 0 radical (unpaired) electrons. The molecule has 4 aliphatic rings. The highest BCUT2D eigenvalue weighted by atomic mass is 32.1. The van der Waals surface area contributed by atoms with Gasteiger partial charge in [-0.05, 0) is 62.5 Å². The summed E-state index contributed by atoms with van der Waals surface area (Å²) in [6, 6.07) is 7.97. The number of carbonyl (C=O) groups is 1. The minimum absolute atomic E-state index is 0.116. The van der Waals surface area contributed by atoms with E-state index in [1.54, 1.807) is 11.3 Å². The van der Waals surface area contributed by atoms with E-state index in [4.69, 9.17) is 4.74 Å². The molecule has 0 saturated heterocycles. The fourth-order valence-corrected chi connectivity index (χ4v) is 6.60. The largest absolute Gasteiger partial charge is 0.458 e. The molecule has 5 heteroatoms. The van der Waals surface area contributed by atoms with Crippen LogP contribution in [0.15, 0.2) is 24.3 Å². The summed E-state index contributed by atoms with van der Waals surface area (Å²) in [5.74, 6) is 0.867. The van der Waals surface area contributed by atoms with Crippen LogP contribution in [0.4, 0.5) is 0 Å². The molecular weight excluding hydrogens is 322 g/mol. The van der Waals surface area contributed by atoms with Crippen molar-refractivity contribution in [3.63, 3.8) is 0 Å². The van der Waals surface area contributed by atoms with Crippen LogP contribution in [0.5, 0.6) is 0 Å². The summed E-state index contributed by atoms with van der Waals surface area (Å²) < 4.78 is 6.80. The fraction of sp³-hybridized carbons (Fsp3) is 0.579. The number of thiazole rings is 1. The average molecular weight is 343 g/mol. The first-order valence-electron chi connectivity index (χ1n) is 8.78. The quantitative estimate of drug-likeness (QED) is 0.864. The van der Waals surface area contributed by atoms with Crippen LogP contribution in [0.3, 0.4) is 0 Å². The van der Waals surface area contributed by atoms with Crippen LogP contribution in [0.25, 0.3) is 10.2 Å². The Morgan fingerprint density at radius 1 is 1.25 bits per heavy atom. The Bertz CT molecular complexity index is 767. The van der Waals surface area contributed by atoms with Crippen LogP contribution in [-0.4, -0.2) is 21.7 Å². The van der Waals surface area contributed by atoms with Crippen LogP contribution in [-0.2, 0) is 16.1 Å². The van der Waals surface area contributed by atoms with Crippen LogP contribution in [0.1, 0.15) is 43.5 Å². The van der Waals surface area contributed by atoms with Gasteiger partial charge >= 0.3 is 5.97 Å². The molecule has 0 spiro atoms. The van der Waals surface area contributed by atoms with Gasteiger partial charge in [-0.3, -0.25) is 4.79 Å². The number of hydrogen-bond donors (Lipinski definition) is 1. The summed E-state index contributed by atoms with van der Waals surface area (Å²) in [4.78, 5) is 17.4. The second-order valence-electron chi connectivity index (χ2n) is 8.12. The highest BCUT2D eigenvalue weighted by Gasteiger charge is 2.60. The highest BCUT2D eigenvalue weighted by Crippen LogP contribution is 2.62. The van der Waals surface area contributed by atoms with E-state index in [0.29, 0.717) is 18.3 Å². The molecule has 1 N–H and O–H groups in total. The monoisotopic (exact) mass is 343 g/mol. The molecule has 1 aromatic carbocycles. The van der Waals surface area contributed by atoms with Crippen molar-refractivity contribution in [2.45, 2.75) is 50.7 Å². The third-order valence-electron chi connectivity index (χ3n) is 6.13. The first-order chi connectivity index (χ1) is 11.5. The number of hydrogen-bond acceptors (Lipinski definition) is 5. The van der Waals surface area contributed by atoms with Crippen molar-refractivity contribution in [2.24, 2.45) is 17.3 Å². The molecule has 2 aromatic rings. The SMILES string of the molecule is O=C(OCc1nc2ccccc2s1)C12C[C@@H]3C[C@@H](CC(O)(C3)C1)C2. The number of benzene rings is 1. The van der Waals surface area contributed by atoms with Crippen LogP contribution >= 0.6 is 11.3 Å². The molecule has 6 rings (SSSR count). The van der Waals surface area contributed by atoms with E-state index in [1.165, 1.54) is 6.42 Å². The number of aliphatic hydroxyl groups is 1. The van der Waals surface area contributed by atoms with Crippen molar-refractivity contribution < 1.29 is 14.6 Å². The Labute approximate surface area is 144 Å². The number of carbonyl (C=O) groups excluding carboxylic acids is 1. The Kier molecular flexibility index (Phi) is 3.11. The minimum atomic E-state index is -0.626. The molecule has 4 aliphatic carbocycles. The number of esters is 1. The number of fused-ring (bicyclic) bond motifs is 1. The van der Waals surface area contributed by atoms with Gasteiger partial charge in [0.2, 0.25) is 0 Å². The zero-order chi connectivity index (χ0) is 16.4. The van der Waals surface area contributed by atoms with Gasteiger partial charge in [-0.25, -0.2) is 4.98 Å². The molecule has 1 aromatic heterocycles. The van der Waals surface area contributed by atoms with Crippen LogP contribution in [0, 0.1) is 17.3 Å². The first-order valence-corrected chi connectivity index (χ1v) is 9.59. The summed E-state index contributed by atoms with van der Waals surface area (Å²) in [6.45, 7) is 0.244. The van der Waals surface area contributed by atoms with Crippen molar-refractivity contribution in [2.75, 3.05) is 0 Å². The van der Waals surface area contributed by atoms with Gasteiger partial charge in [0, 0.05) is 0 Å². The molecule has 0 amide bonds. The lowest BCUT2D eigenvalue weighted by atomic mass is 9.48. The van der Waals surface area contributed by atoms with Crippen molar-refractivity contribution in [3.8, 4) is 0 Å². The lowest BCUT2D eigenvalue weighted by molar-refractivity contribution is -0.197. The van der Waals surface area contributed by atoms with E-state index < -0.39 is 11.0 Å². The maximum absolute atomic E-state index is 12.9. The Morgan fingerprint density at radius 3 is 2.71 bits per heavy atom. The van der Waals surface area contributed by atoms with Crippen molar-refractivity contribution in [1.29, 1.82) is 0 Å². The van der Waals surface area contributed by atoms with Gasteiger partial charge in [0.25, 0.3) is 0 Å². The minimum Gasteiger partial charge on any atom is -0.458 e. The summed E-state index contributed by atoms with van der Waals surface area (Å²) in [5, 5.41) is 11.6. The van der Waals surface area contributed by atoms with E-state index in [1.807, 2.05) is 24.3 Å². The normalized spacial score (nSPS) is 37.0. The van der Waals surface area contributed by atoms with Gasteiger partial charge in [0.05, 0.1) is 21.2 Å². The fourth-order valence-electron chi connectivity index (χ4n) is 5.72. The molecule has 4 fully saturated rings. The van der Waals surface area contributed by atoms with E-state index in [9.17, 15) is 9.90 Å². The molecule has 4 atom stereocenters. The predicted octanol–water partition coefficient (Wildman–Crippen LogP) is 3.67. The number of nitrogens with zero attached hydrogens (tertiary/aromatic N) is 1. The number of para-hydroxylation sites is 1. The molecule has 2 unspecified atom stereocenters. The molecule has 4 nitrogen and oxygen atoms in total. The van der Waals surface area contributed by atoms with E-state index in [0.717, 1.165) is 40.9 Å². The van der Waals surface area contributed by atoms with Gasteiger partial charge in [0.1, 0.15) is 11.6 Å². The molecule has 0 aliphatic heterocycles. The lowest BCUT2D eigenvalue weighted by Gasteiger charge is -2.58. The molecular formula is C19H21NO3S. The molecule has 1 heterocycles. The Morgan fingerprint density at radius 2 is 2.00 bits per heavy atom. The van der Waals surface area contributed by atoms with Crippen molar-refractivity contribution in [3.05, 3.63) is 29.3 Å². The lowest BCUT2D eigenvalue weighted by Crippen LogP contribution is -2.58. The van der Waals surface area contributed by atoms with Gasteiger partial charge in [-0.15, -0.1) is 11.3 Å². The molecule has 4 saturated carbocycles. The summed E-state index contributed by atoms with van der Waals surface area (Å²) in [5.41, 5.74) is -0.119. The molecule has 4 bridgehead atoms. The zero-order valence-corrected chi connectivity index (χ0v) is 14.3. The predicted molar refractivity (Wildman–Crippen MR) is 91.5 cm³/mol. The number of ether oxygens (including phenoxy) is 1. The Balaban J connectivity index is 1.33. The number of rotatable bonds is 3. The average Bonchev–Trinajstić information content (AvgIpc) is 2.93. The number of aromatic nitrogens is 1. The summed E-state index contributed by atoms with van der Waals surface area (Å²) >= 11 is 1.58. The Hall–Kier alpha value is -1.46. The standard InChI is InChI=1S/C19H21NO3S/c21-17(23-10-16-20-14-3-1-2-4-15(14)24-16)18-6-12-5-13(7-18)9-19(22,8-12)11-18/h1-4,12-13,22H,5-11H2/t12-,13+,18?,19?. The molecule has 24 heavy (non-hydrogen) atoms. The van der Waals surface area contributed by atoms with E-state index in [2.05, 4.69) is 4.98 Å². The summed E-state index contributed by atoms with van der Waals surface area (Å²) in [6.07, 6.45) is 5.29. The van der Waals surface area contributed by atoms with Crippen LogP contribution in [0.2, 0.25) is 0 Å². The van der Waals surface area contributed by atoms with Gasteiger partial charge in [-0.1, -0.05) is 12.1 Å². The first kappa shape index (κ1) is 14.8. The third kappa shape index (κ3) is 2.29. The highest BCUT2D eigenvalue weighted by molar-refractivity contribution is 7.18. The van der Waals surface area contributed by atoms with Crippen molar-refractivity contribution >= 4 is 27.5 Å². The van der Waals surface area contributed by atoms with Crippen LogP contribution < -0.4 is 0 Å². The van der Waals surface area contributed by atoms with Gasteiger partial charge in [-0.2, -0.15) is 0 Å². The topological polar surface area (TPSA) is 59.4 Å². The van der Waals surface area contributed by atoms with E-state index in [-0.39, 0.29) is 12.6 Å². The smallest absolute Gasteiger partial charge is 0.312 e. The molecule has 126 valence electrons. The second-order valence-corrected chi connectivity index (χ2v) is 9.23. The van der Waals surface area contributed by atoms with Crippen molar-refractivity contribution in [1.82, 2.24) is 4.98 Å². The maximum Gasteiger partial charge on any atom is 0.312 e. The third-order valence-corrected chi connectivity index (χ3v) is 7.14. The summed E-state index contributed by atoms with van der Waals surface area (Å²) in [7, 11) is 0.